The highest BCUT2D eigenvalue weighted by atomic mass is 32.1. The Hall–Kier alpha value is -3.13. The van der Waals surface area contributed by atoms with Gasteiger partial charge in [-0.3, -0.25) is 10.1 Å². The smallest absolute Gasteiger partial charge is 0.321 e. The fourth-order valence-corrected chi connectivity index (χ4v) is 3.20. The average Bonchev–Trinajstić information content (AvgIpc) is 3.08. The first kappa shape index (κ1) is 17.7. The van der Waals surface area contributed by atoms with Crippen LogP contribution in [0.5, 0.6) is 11.5 Å². The van der Waals surface area contributed by atoms with Crippen molar-refractivity contribution in [3.05, 3.63) is 48.0 Å². The van der Waals surface area contributed by atoms with E-state index >= 15 is 0 Å². The SMILES string of the molecule is COc1ccc(C(=O)CNC(=O)Nc2nc3c(OC)cccc3s2)cc1. The number of carbonyl (C=O) groups excluding carboxylic acids is 2. The maximum atomic E-state index is 12.1. The van der Waals surface area contributed by atoms with Crippen LogP contribution in [0.2, 0.25) is 0 Å². The minimum Gasteiger partial charge on any atom is -0.497 e. The molecule has 134 valence electrons. The average molecular weight is 371 g/mol. The van der Waals surface area contributed by atoms with Gasteiger partial charge in [-0.25, -0.2) is 9.78 Å². The second-order valence-electron chi connectivity index (χ2n) is 5.29. The van der Waals surface area contributed by atoms with E-state index in [9.17, 15) is 9.59 Å². The van der Waals surface area contributed by atoms with Crippen LogP contribution in [0.4, 0.5) is 9.93 Å². The van der Waals surface area contributed by atoms with Crippen molar-refractivity contribution in [2.45, 2.75) is 0 Å². The Morgan fingerprint density at radius 1 is 1.08 bits per heavy atom. The zero-order valence-electron chi connectivity index (χ0n) is 14.2. The molecule has 0 unspecified atom stereocenters. The topological polar surface area (TPSA) is 89.5 Å². The van der Waals surface area contributed by atoms with E-state index in [1.54, 1.807) is 44.6 Å². The maximum Gasteiger partial charge on any atom is 0.321 e. The van der Waals surface area contributed by atoms with E-state index in [1.807, 2.05) is 12.1 Å². The summed E-state index contributed by atoms with van der Waals surface area (Å²) in [6, 6.07) is 11.8. The Morgan fingerprint density at radius 3 is 2.54 bits per heavy atom. The molecule has 0 saturated carbocycles. The summed E-state index contributed by atoms with van der Waals surface area (Å²) in [7, 11) is 3.12. The van der Waals surface area contributed by atoms with Gasteiger partial charge in [-0.1, -0.05) is 17.4 Å². The Labute approximate surface area is 154 Å². The number of ketones is 1. The summed E-state index contributed by atoms with van der Waals surface area (Å²) in [5, 5.41) is 5.60. The lowest BCUT2D eigenvalue weighted by atomic mass is 10.1. The van der Waals surface area contributed by atoms with Crippen LogP contribution in [0.15, 0.2) is 42.5 Å². The summed E-state index contributed by atoms with van der Waals surface area (Å²) >= 11 is 1.33. The summed E-state index contributed by atoms with van der Waals surface area (Å²) in [5.41, 5.74) is 1.18. The molecular weight excluding hydrogens is 354 g/mol. The molecule has 0 aliphatic rings. The van der Waals surface area contributed by atoms with E-state index in [0.29, 0.717) is 27.7 Å². The van der Waals surface area contributed by atoms with Crippen molar-refractivity contribution >= 4 is 38.5 Å². The van der Waals surface area contributed by atoms with E-state index < -0.39 is 6.03 Å². The van der Waals surface area contributed by atoms with Crippen molar-refractivity contribution in [2.75, 3.05) is 26.1 Å². The molecule has 2 N–H and O–H groups in total. The van der Waals surface area contributed by atoms with Gasteiger partial charge in [0.15, 0.2) is 10.9 Å². The van der Waals surface area contributed by atoms with Crippen LogP contribution in [-0.2, 0) is 0 Å². The molecule has 0 fully saturated rings. The molecule has 26 heavy (non-hydrogen) atoms. The molecule has 0 atom stereocenters. The first-order chi connectivity index (χ1) is 12.6. The number of aromatic nitrogens is 1. The lowest BCUT2D eigenvalue weighted by Gasteiger charge is -2.05. The second kappa shape index (κ2) is 7.83. The van der Waals surface area contributed by atoms with E-state index in [1.165, 1.54) is 11.3 Å². The number of fused-ring (bicyclic) bond motifs is 1. The van der Waals surface area contributed by atoms with Crippen LogP contribution in [0.1, 0.15) is 10.4 Å². The number of methoxy groups -OCH3 is 2. The monoisotopic (exact) mass is 371 g/mol. The Kier molecular flexibility index (Phi) is 5.33. The molecule has 8 heteroatoms. The van der Waals surface area contributed by atoms with Crippen molar-refractivity contribution < 1.29 is 19.1 Å². The lowest BCUT2D eigenvalue weighted by molar-refractivity contribution is 0.0993. The molecule has 3 aromatic rings. The predicted molar refractivity (Wildman–Crippen MR) is 101 cm³/mol. The third kappa shape index (κ3) is 3.92. The number of nitrogens with zero attached hydrogens (tertiary/aromatic N) is 1. The molecule has 7 nitrogen and oxygen atoms in total. The van der Waals surface area contributed by atoms with Crippen LogP contribution in [0.25, 0.3) is 10.2 Å². The fraction of sp³-hybridized carbons (Fsp3) is 0.167. The number of hydrogen-bond donors (Lipinski definition) is 2. The maximum absolute atomic E-state index is 12.1. The van der Waals surface area contributed by atoms with E-state index in [-0.39, 0.29) is 12.3 Å². The summed E-state index contributed by atoms with van der Waals surface area (Å²) in [4.78, 5) is 28.5. The Balaban J connectivity index is 1.59. The molecule has 0 radical (unpaired) electrons. The van der Waals surface area contributed by atoms with Crippen molar-refractivity contribution in [2.24, 2.45) is 0 Å². The molecule has 0 aliphatic carbocycles. The molecule has 0 saturated heterocycles. The van der Waals surface area contributed by atoms with Gasteiger partial charge in [0.2, 0.25) is 0 Å². The van der Waals surface area contributed by atoms with Crippen molar-refractivity contribution in [1.29, 1.82) is 0 Å². The van der Waals surface area contributed by atoms with Gasteiger partial charge in [0.05, 0.1) is 25.5 Å². The molecule has 0 bridgehead atoms. The summed E-state index contributed by atoms with van der Waals surface area (Å²) in [6.07, 6.45) is 0. The van der Waals surface area contributed by atoms with E-state index in [0.717, 1.165) is 4.70 Å². The summed E-state index contributed by atoms with van der Waals surface area (Å²) in [5.74, 6) is 1.11. The van der Waals surface area contributed by atoms with Gasteiger partial charge >= 0.3 is 6.03 Å². The van der Waals surface area contributed by atoms with Crippen LogP contribution in [0.3, 0.4) is 0 Å². The van der Waals surface area contributed by atoms with Crippen LogP contribution >= 0.6 is 11.3 Å². The van der Waals surface area contributed by atoms with Gasteiger partial charge in [0.25, 0.3) is 0 Å². The number of hydrogen-bond acceptors (Lipinski definition) is 6. The van der Waals surface area contributed by atoms with Gasteiger partial charge in [-0.05, 0) is 36.4 Å². The molecule has 0 aliphatic heterocycles. The number of anilines is 1. The number of ether oxygens (including phenoxy) is 2. The van der Waals surface area contributed by atoms with Gasteiger partial charge < -0.3 is 14.8 Å². The molecule has 2 amide bonds. The number of benzene rings is 2. The largest absolute Gasteiger partial charge is 0.497 e. The number of nitrogens with one attached hydrogen (secondary N) is 2. The number of urea groups is 1. The summed E-state index contributed by atoms with van der Waals surface area (Å²) in [6.45, 7) is -0.119. The Morgan fingerprint density at radius 2 is 1.85 bits per heavy atom. The van der Waals surface area contributed by atoms with Gasteiger partial charge in [-0.2, -0.15) is 0 Å². The van der Waals surface area contributed by atoms with Crippen LogP contribution in [-0.4, -0.2) is 37.6 Å². The molecular formula is C18H17N3O4S. The number of thiazole rings is 1. The number of amides is 2. The molecule has 0 spiro atoms. The second-order valence-corrected chi connectivity index (χ2v) is 6.32. The minimum atomic E-state index is -0.495. The summed E-state index contributed by atoms with van der Waals surface area (Å²) < 4.78 is 11.2. The van der Waals surface area contributed by atoms with E-state index in [2.05, 4.69) is 15.6 Å². The lowest BCUT2D eigenvalue weighted by Crippen LogP contribution is -2.33. The molecule has 1 aromatic heterocycles. The van der Waals surface area contributed by atoms with Gasteiger partial charge in [0, 0.05) is 5.56 Å². The number of carbonyl (C=O) groups is 2. The van der Waals surface area contributed by atoms with Gasteiger partial charge in [-0.15, -0.1) is 0 Å². The van der Waals surface area contributed by atoms with Crippen LogP contribution < -0.4 is 20.1 Å². The van der Waals surface area contributed by atoms with Crippen molar-refractivity contribution in [3.8, 4) is 11.5 Å². The first-order valence-corrected chi connectivity index (χ1v) is 8.58. The zero-order valence-corrected chi connectivity index (χ0v) is 15.1. The number of Topliss-reactive ketones (excluding diaryl/α,β-unsaturated/α-hetero) is 1. The van der Waals surface area contributed by atoms with Crippen LogP contribution in [0, 0.1) is 0 Å². The molecule has 2 aromatic carbocycles. The standard InChI is InChI=1S/C18H17N3O4S/c1-24-12-8-6-11(7-9-12)13(22)10-19-17(23)21-18-20-16-14(25-2)4-3-5-15(16)26-18/h3-9H,10H2,1-2H3,(H2,19,20,21,23). The normalized spacial score (nSPS) is 10.4. The molecule has 3 rings (SSSR count). The fourth-order valence-electron chi connectivity index (χ4n) is 2.32. The zero-order chi connectivity index (χ0) is 18.5. The highest BCUT2D eigenvalue weighted by molar-refractivity contribution is 7.22. The third-order valence-corrected chi connectivity index (χ3v) is 4.58. The first-order valence-electron chi connectivity index (χ1n) is 7.76. The van der Waals surface area contributed by atoms with Gasteiger partial charge in [0.1, 0.15) is 17.0 Å². The molecule has 1 heterocycles. The number of para-hydroxylation sites is 1. The predicted octanol–water partition coefficient (Wildman–Crippen LogP) is 3.32. The van der Waals surface area contributed by atoms with Crippen molar-refractivity contribution in [1.82, 2.24) is 10.3 Å². The minimum absolute atomic E-state index is 0.119. The number of rotatable bonds is 6. The Bertz CT molecular complexity index is 937. The van der Waals surface area contributed by atoms with E-state index in [4.69, 9.17) is 9.47 Å². The highest BCUT2D eigenvalue weighted by Gasteiger charge is 2.12. The third-order valence-electron chi connectivity index (χ3n) is 3.64. The quantitative estimate of drug-likeness (QED) is 0.649. The van der Waals surface area contributed by atoms with Crippen molar-refractivity contribution in [3.63, 3.8) is 0 Å². The highest BCUT2D eigenvalue weighted by Crippen LogP contribution is 2.31.